The third kappa shape index (κ3) is 3.55. The van der Waals surface area contributed by atoms with E-state index in [-0.39, 0.29) is 5.82 Å². The van der Waals surface area contributed by atoms with Gasteiger partial charge < -0.3 is 9.64 Å². The zero-order valence-electron chi connectivity index (χ0n) is 11.8. The zero-order chi connectivity index (χ0) is 14.4. The summed E-state index contributed by atoms with van der Waals surface area (Å²) >= 11 is 1.62. The molecule has 1 fully saturated rings. The second-order valence-corrected chi connectivity index (χ2v) is 4.96. The molecule has 108 valence electrons. The lowest BCUT2D eigenvalue weighted by Gasteiger charge is -2.26. The number of ether oxygens (including phenoxy) is 1. The number of hydrogen-bond acceptors (Lipinski definition) is 4. The summed E-state index contributed by atoms with van der Waals surface area (Å²) in [6.45, 7) is 7.28. The van der Waals surface area contributed by atoms with Gasteiger partial charge in [-0.3, -0.25) is 0 Å². The number of halogens is 1. The van der Waals surface area contributed by atoms with Gasteiger partial charge in [-0.1, -0.05) is 13.8 Å². The molecule has 2 aromatic rings. The second-order valence-electron chi connectivity index (χ2n) is 4.12. The van der Waals surface area contributed by atoms with Crippen LogP contribution in [0.2, 0.25) is 0 Å². The highest BCUT2D eigenvalue weighted by Gasteiger charge is 2.15. The summed E-state index contributed by atoms with van der Waals surface area (Å²) < 4.78 is 18.2. The van der Waals surface area contributed by atoms with Crippen LogP contribution < -0.4 is 4.90 Å². The Kier molecular flexibility index (Phi) is 5.49. The molecule has 1 aromatic heterocycles. The van der Waals surface area contributed by atoms with E-state index >= 15 is 0 Å². The van der Waals surface area contributed by atoms with Crippen molar-refractivity contribution in [1.82, 2.24) is 4.98 Å². The molecule has 1 aliphatic rings. The van der Waals surface area contributed by atoms with E-state index in [1.807, 2.05) is 19.2 Å². The van der Waals surface area contributed by atoms with E-state index in [1.54, 1.807) is 23.5 Å². The van der Waals surface area contributed by atoms with Gasteiger partial charge in [-0.25, -0.2) is 9.37 Å². The quantitative estimate of drug-likeness (QED) is 0.842. The molecule has 0 bridgehead atoms. The van der Waals surface area contributed by atoms with E-state index in [4.69, 9.17) is 4.74 Å². The van der Waals surface area contributed by atoms with Gasteiger partial charge in [0.2, 0.25) is 0 Å². The highest BCUT2D eigenvalue weighted by molar-refractivity contribution is 7.14. The minimum atomic E-state index is -0.220. The first-order chi connectivity index (χ1) is 9.83. The fraction of sp³-hybridized carbons (Fsp3) is 0.400. The first-order valence-electron chi connectivity index (χ1n) is 6.87. The van der Waals surface area contributed by atoms with Gasteiger partial charge in [0.1, 0.15) is 5.82 Å². The topological polar surface area (TPSA) is 25.4 Å². The van der Waals surface area contributed by atoms with Crippen LogP contribution in [0.25, 0.3) is 11.3 Å². The van der Waals surface area contributed by atoms with E-state index in [2.05, 4.69) is 9.88 Å². The summed E-state index contributed by atoms with van der Waals surface area (Å²) in [5, 5.41) is 3.02. The molecule has 1 saturated heterocycles. The number of morpholine rings is 1. The number of hydrogen-bond donors (Lipinski definition) is 0. The monoisotopic (exact) mass is 294 g/mol. The molecule has 1 aromatic carbocycles. The van der Waals surface area contributed by atoms with E-state index in [0.29, 0.717) is 0 Å². The molecule has 0 amide bonds. The second kappa shape index (κ2) is 7.36. The molecule has 5 heteroatoms. The standard InChI is InChI=1S/C13H13FN2OS.C2H6/c14-11-3-1-10(2-4-11)12-9-18-13(15-12)16-5-7-17-8-6-16;1-2/h1-4,9H,5-8H2;1-2H3. The predicted molar refractivity (Wildman–Crippen MR) is 81.9 cm³/mol. The predicted octanol–water partition coefficient (Wildman–Crippen LogP) is 3.81. The van der Waals surface area contributed by atoms with Crippen molar-refractivity contribution in [3.8, 4) is 11.3 Å². The summed E-state index contributed by atoms with van der Waals surface area (Å²) in [4.78, 5) is 6.82. The Morgan fingerprint density at radius 1 is 1.15 bits per heavy atom. The van der Waals surface area contributed by atoms with Crippen LogP contribution in [-0.4, -0.2) is 31.3 Å². The SMILES string of the molecule is CC.Fc1ccc(-c2csc(N3CCOCC3)n2)cc1. The number of aromatic nitrogens is 1. The molecule has 3 rings (SSSR count). The normalized spacial score (nSPS) is 14.7. The van der Waals surface area contributed by atoms with Crippen LogP contribution in [-0.2, 0) is 4.74 Å². The van der Waals surface area contributed by atoms with Crippen molar-refractivity contribution in [3.63, 3.8) is 0 Å². The number of rotatable bonds is 2. The van der Waals surface area contributed by atoms with Crippen LogP contribution in [0.1, 0.15) is 13.8 Å². The maximum Gasteiger partial charge on any atom is 0.186 e. The van der Waals surface area contributed by atoms with Crippen molar-refractivity contribution in [3.05, 3.63) is 35.5 Å². The third-order valence-corrected chi connectivity index (χ3v) is 3.82. The molecule has 0 spiro atoms. The fourth-order valence-electron chi connectivity index (χ4n) is 1.92. The van der Waals surface area contributed by atoms with Crippen LogP contribution >= 0.6 is 11.3 Å². The van der Waals surface area contributed by atoms with Crippen LogP contribution in [0.4, 0.5) is 9.52 Å². The first-order valence-corrected chi connectivity index (χ1v) is 7.75. The van der Waals surface area contributed by atoms with Gasteiger partial charge in [0, 0.05) is 24.0 Å². The smallest absolute Gasteiger partial charge is 0.186 e. The van der Waals surface area contributed by atoms with Crippen molar-refractivity contribution in [1.29, 1.82) is 0 Å². The number of benzene rings is 1. The van der Waals surface area contributed by atoms with E-state index < -0.39 is 0 Å². The lowest BCUT2D eigenvalue weighted by atomic mass is 10.2. The Balaban J connectivity index is 0.000000704. The highest BCUT2D eigenvalue weighted by Crippen LogP contribution is 2.27. The number of nitrogens with zero attached hydrogens (tertiary/aromatic N) is 2. The van der Waals surface area contributed by atoms with Crippen LogP contribution in [0.15, 0.2) is 29.6 Å². The van der Waals surface area contributed by atoms with Crippen LogP contribution in [0.5, 0.6) is 0 Å². The van der Waals surface area contributed by atoms with Crippen molar-refractivity contribution in [2.75, 3.05) is 31.2 Å². The Morgan fingerprint density at radius 3 is 2.45 bits per heavy atom. The third-order valence-electron chi connectivity index (χ3n) is 2.91. The average Bonchev–Trinajstić information content (AvgIpc) is 3.01. The van der Waals surface area contributed by atoms with Crippen LogP contribution in [0.3, 0.4) is 0 Å². The molecule has 0 radical (unpaired) electrons. The summed E-state index contributed by atoms with van der Waals surface area (Å²) in [5.74, 6) is -0.220. The van der Waals surface area contributed by atoms with Gasteiger partial charge >= 0.3 is 0 Å². The van der Waals surface area contributed by atoms with E-state index in [9.17, 15) is 4.39 Å². The zero-order valence-corrected chi connectivity index (χ0v) is 12.6. The molecule has 0 saturated carbocycles. The fourth-order valence-corrected chi connectivity index (χ4v) is 2.81. The molecule has 2 heterocycles. The molecule has 0 atom stereocenters. The highest BCUT2D eigenvalue weighted by atomic mass is 32.1. The van der Waals surface area contributed by atoms with Gasteiger partial charge in [0.05, 0.1) is 18.9 Å². The summed E-state index contributed by atoms with van der Waals surface area (Å²) in [5.41, 5.74) is 1.86. The number of thiazole rings is 1. The van der Waals surface area contributed by atoms with Gasteiger partial charge in [-0.2, -0.15) is 0 Å². The van der Waals surface area contributed by atoms with Gasteiger partial charge in [0.15, 0.2) is 5.13 Å². The minimum Gasteiger partial charge on any atom is -0.378 e. The summed E-state index contributed by atoms with van der Waals surface area (Å²) in [7, 11) is 0. The average molecular weight is 294 g/mol. The summed E-state index contributed by atoms with van der Waals surface area (Å²) in [6, 6.07) is 6.44. The maximum atomic E-state index is 12.9. The molecule has 3 nitrogen and oxygen atoms in total. The van der Waals surface area contributed by atoms with Crippen molar-refractivity contribution < 1.29 is 9.13 Å². The molecular formula is C15H19FN2OS. The minimum absolute atomic E-state index is 0.220. The van der Waals surface area contributed by atoms with Crippen molar-refractivity contribution in [2.45, 2.75) is 13.8 Å². The maximum absolute atomic E-state index is 12.9. The Bertz CT molecular complexity index is 521. The Labute approximate surface area is 123 Å². The first kappa shape index (κ1) is 14.9. The van der Waals surface area contributed by atoms with Gasteiger partial charge in [-0.15, -0.1) is 11.3 Å². The van der Waals surface area contributed by atoms with Gasteiger partial charge in [0.25, 0.3) is 0 Å². The lowest BCUT2D eigenvalue weighted by Crippen LogP contribution is -2.36. The van der Waals surface area contributed by atoms with Gasteiger partial charge in [-0.05, 0) is 24.3 Å². The van der Waals surface area contributed by atoms with E-state index in [1.165, 1.54) is 12.1 Å². The Hall–Kier alpha value is -1.46. The molecule has 20 heavy (non-hydrogen) atoms. The molecule has 1 aliphatic heterocycles. The molecule has 0 unspecified atom stereocenters. The summed E-state index contributed by atoms with van der Waals surface area (Å²) in [6.07, 6.45) is 0. The largest absolute Gasteiger partial charge is 0.378 e. The van der Waals surface area contributed by atoms with Crippen molar-refractivity contribution in [2.24, 2.45) is 0 Å². The van der Waals surface area contributed by atoms with E-state index in [0.717, 1.165) is 42.7 Å². The Morgan fingerprint density at radius 2 is 1.80 bits per heavy atom. The molecule has 0 N–H and O–H groups in total. The number of anilines is 1. The van der Waals surface area contributed by atoms with Crippen molar-refractivity contribution >= 4 is 16.5 Å². The van der Waals surface area contributed by atoms with Crippen LogP contribution in [0, 0.1) is 5.82 Å². The molecular weight excluding hydrogens is 275 g/mol. The lowest BCUT2D eigenvalue weighted by molar-refractivity contribution is 0.122. The molecule has 0 aliphatic carbocycles.